The monoisotopic (exact) mass is 725 g/mol. The van der Waals surface area contributed by atoms with Gasteiger partial charge in [-0.25, -0.2) is 15.0 Å². The zero-order chi connectivity index (χ0) is 36.6. The van der Waals surface area contributed by atoms with Gasteiger partial charge >= 0.3 is 0 Å². The Morgan fingerprint density at radius 2 is 1.12 bits per heavy atom. The first-order valence-electron chi connectivity index (χ1n) is 17.8. The van der Waals surface area contributed by atoms with E-state index in [1.807, 2.05) is 4.57 Å². The highest BCUT2D eigenvalue weighted by Crippen LogP contribution is 2.43. The maximum absolute atomic E-state index is 7.72. The molecule has 266 valence electrons. The quantitative estimate of drug-likeness (QED) is 0.165. The van der Waals surface area contributed by atoms with E-state index in [0.29, 0.717) is 22.7 Å². The Balaban J connectivity index is 1.36. The van der Waals surface area contributed by atoms with Gasteiger partial charge in [0.25, 0.3) is 16.6 Å². The first-order chi connectivity index (χ1) is 25.0. The Morgan fingerprint density at radius 3 is 1.58 bits per heavy atom. The minimum absolute atomic E-state index is 0.200. The maximum Gasteiger partial charge on any atom is 0.262 e. The molecule has 4 aromatic carbocycles. The highest BCUT2D eigenvalue weighted by molar-refractivity contribution is 7.00. The average molecular weight is 726 g/mol. The summed E-state index contributed by atoms with van der Waals surface area (Å²) in [6, 6.07) is 42.6. The summed E-state index contributed by atoms with van der Waals surface area (Å²) < 4.78 is 24.0. The lowest BCUT2D eigenvalue weighted by Crippen LogP contribution is -2.68. The van der Waals surface area contributed by atoms with Crippen LogP contribution in [0.15, 0.2) is 146 Å². The summed E-state index contributed by atoms with van der Waals surface area (Å²) in [7, 11) is -5.89. The van der Waals surface area contributed by atoms with Crippen LogP contribution in [0.2, 0.25) is 10.1 Å². The minimum atomic E-state index is -3.02. The normalized spacial score (nSPS) is 16.8. The number of rotatable bonds is 10. The molecule has 3 heterocycles. The van der Waals surface area contributed by atoms with Gasteiger partial charge in [-0.2, -0.15) is 0 Å². The van der Waals surface area contributed by atoms with Gasteiger partial charge in [0.1, 0.15) is 30.0 Å². The second kappa shape index (κ2) is 13.9. The zero-order valence-electron chi connectivity index (χ0n) is 30.7. The van der Waals surface area contributed by atoms with Gasteiger partial charge in [0, 0.05) is 0 Å². The van der Waals surface area contributed by atoms with Gasteiger partial charge < -0.3 is 19.3 Å². The summed E-state index contributed by atoms with van der Waals surface area (Å²) >= 11 is 0. The second-order valence-electron chi connectivity index (χ2n) is 15.4. The van der Waals surface area contributed by atoms with E-state index in [0.717, 1.165) is 0 Å². The van der Waals surface area contributed by atoms with Crippen molar-refractivity contribution in [1.82, 2.24) is 19.5 Å². The molecular formula is C42H47N5O3Si2. The molecule has 10 heteroatoms. The molecule has 0 aliphatic carbocycles. The van der Waals surface area contributed by atoms with Crippen LogP contribution in [-0.2, 0) is 13.6 Å². The fourth-order valence-electron chi connectivity index (χ4n) is 7.81. The van der Waals surface area contributed by atoms with Gasteiger partial charge in [-0.05, 0) is 36.9 Å². The Bertz CT molecular complexity index is 2070. The van der Waals surface area contributed by atoms with E-state index in [1.165, 1.54) is 27.1 Å². The molecule has 8 nitrogen and oxygen atoms in total. The number of hydrogen-bond acceptors (Lipinski definition) is 7. The van der Waals surface area contributed by atoms with Crippen LogP contribution in [0.5, 0.6) is 0 Å². The van der Waals surface area contributed by atoms with E-state index in [-0.39, 0.29) is 16.7 Å². The number of hydrogen-bond donors (Lipinski definition) is 1. The number of benzene rings is 4. The van der Waals surface area contributed by atoms with Crippen LogP contribution in [-0.4, -0.2) is 48.9 Å². The molecular weight excluding hydrogens is 679 g/mol. The molecule has 1 aliphatic rings. The minimum Gasteiger partial charge on any atom is -0.469 e. The third-order valence-electron chi connectivity index (χ3n) is 10.1. The van der Waals surface area contributed by atoms with Gasteiger partial charge in [-0.15, -0.1) is 0 Å². The van der Waals surface area contributed by atoms with Crippen LogP contribution >= 0.6 is 0 Å². The van der Waals surface area contributed by atoms with E-state index >= 15 is 0 Å². The first kappa shape index (κ1) is 35.5. The van der Waals surface area contributed by atoms with Crippen LogP contribution in [0.3, 0.4) is 0 Å². The van der Waals surface area contributed by atoms with Crippen LogP contribution in [0.4, 0.5) is 5.82 Å². The molecule has 1 aliphatic heterocycles. The number of anilines is 1. The fraction of sp³-hybridized carbons (Fsp3) is 0.262. The van der Waals surface area contributed by atoms with E-state index < -0.39 is 29.0 Å². The first-order valence-corrected chi connectivity index (χ1v) is 21.6. The van der Waals surface area contributed by atoms with E-state index in [4.69, 9.17) is 19.3 Å². The Kier molecular flexibility index (Phi) is 9.51. The Labute approximate surface area is 308 Å². The second-order valence-corrected chi connectivity index (χ2v) is 24.0. The molecule has 0 saturated heterocycles. The topological polar surface area (TPSA) is 97.3 Å². The molecule has 7 rings (SSSR count). The summed E-state index contributed by atoms with van der Waals surface area (Å²) in [6.45, 7) is 13.9. The van der Waals surface area contributed by atoms with Crippen molar-refractivity contribution in [3.63, 3.8) is 0 Å². The molecule has 2 N–H and O–H groups in total. The third kappa shape index (κ3) is 6.19. The smallest absolute Gasteiger partial charge is 0.262 e. The van der Waals surface area contributed by atoms with E-state index in [1.54, 1.807) is 6.33 Å². The van der Waals surface area contributed by atoms with Crippen molar-refractivity contribution in [1.29, 1.82) is 0 Å². The van der Waals surface area contributed by atoms with Crippen LogP contribution in [0.25, 0.3) is 11.2 Å². The van der Waals surface area contributed by atoms with E-state index in [2.05, 4.69) is 184 Å². The third-order valence-corrected chi connectivity index (χ3v) is 20.2. The standard InChI is InChI=1S/C42H47N5O3Si2/c1-41(2,3)51(32-19-11-7-12-20-32,33-21-13-8-14-22-33)48-28-31-27-36(40(49-31)47-30-46-37-38(43)44-29-45-39(37)47)50-52(42(4,5)6,34-23-15-9-16-24-34)35-25-17-10-18-26-35/h7-27,29-30,36,40H,28H2,1-6H3,(H2,43,44,45)/t36-,40-/m1/s1. The van der Waals surface area contributed by atoms with Crippen LogP contribution in [0, 0.1) is 0 Å². The summed E-state index contributed by atoms with van der Waals surface area (Å²) in [5, 5.41) is 4.31. The SMILES string of the molecule is CC(C)(C)[Si](OCC1=C[C@@H](O[Si](c2ccccc2)(c2ccccc2)C(C)(C)C)[C@H](n2cnc3c(N)ncnc32)O1)(c1ccccc1)c1ccccc1. The maximum atomic E-state index is 7.72. The molecule has 0 fully saturated rings. The Hall–Kier alpha value is -4.88. The largest absolute Gasteiger partial charge is 0.469 e. The number of imidazole rings is 1. The molecule has 0 radical (unpaired) electrons. The molecule has 2 aromatic heterocycles. The number of ether oxygens (including phenoxy) is 1. The highest BCUT2D eigenvalue weighted by Gasteiger charge is 2.54. The van der Waals surface area contributed by atoms with Crippen molar-refractivity contribution >= 4 is 54.4 Å². The van der Waals surface area contributed by atoms with Crippen LogP contribution in [0.1, 0.15) is 47.8 Å². The van der Waals surface area contributed by atoms with E-state index in [9.17, 15) is 0 Å². The molecule has 0 unspecified atom stereocenters. The summed E-state index contributed by atoms with van der Waals surface area (Å²) in [5.74, 6) is 1.01. The number of aromatic nitrogens is 4. The van der Waals surface area contributed by atoms with Gasteiger partial charge in [0.15, 0.2) is 11.5 Å². The van der Waals surface area contributed by atoms with Crippen molar-refractivity contribution in [2.24, 2.45) is 0 Å². The van der Waals surface area contributed by atoms with Gasteiger partial charge in [-0.1, -0.05) is 163 Å². The molecule has 2 atom stereocenters. The lowest BCUT2D eigenvalue weighted by atomic mass is 10.2. The number of nitrogens with two attached hydrogens (primary N) is 1. The predicted molar refractivity (Wildman–Crippen MR) is 214 cm³/mol. The summed E-state index contributed by atoms with van der Waals surface area (Å²) in [5.41, 5.74) is 7.37. The molecule has 0 amide bonds. The highest BCUT2D eigenvalue weighted by atomic mass is 28.4. The van der Waals surface area contributed by atoms with Crippen LogP contribution < -0.4 is 26.5 Å². The van der Waals surface area contributed by atoms with Gasteiger partial charge in [-0.3, -0.25) is 4.57 Å². The zero-order valence-corrected chi connectivity index (χ0v) is 32.7. The summed E-state index contributed by atoms with van der Waals surface area (Å²) in [4.78, 5) is 13.4. The molecule has 0 saturated carbocycles. The van der Waals surface area contributed by atoms with Crippen molar-refractivity contribution in [2.75, 3.05) is 12.3 Å². The number of nitrogen functional groups attached to an aromatic ring is 1. The number of nitrogens with zero attached hydrogens (tertiary/aromatic N) is 4. The number of fused-ring (bicyclic) bond motifs is 1. The van der Waals surface area contributed by atoms with Gasteiger partial charge in [0.05, 0.1) is 6.61 Å². The molecule has 52 heavy (non-hydrogen) atoms. The molecule has 0 bridgehead atoms. The fourth-order valence-corrected chi connectivity index (χ4v) is 16.9. The van der Waals surface area contributed by atoms with Crippen molar-refractivity contribution in [3.8, 4) is 0 Å². The summed E-state index contributed by atoms with van der Waals surface area (Å²) in [6.07, 6.45) is 4.15. The predicted octanol–water partition coefficient (Wildman–Crippen LogP) is 6.34. The van der Waals surface area contributed by atoms with Crippen molar-refractivity contribution in [3.05, 3.63) is 146 Å². The van der Waals surface area contributed by atoms with Crippen molar-refractivity contribution < 1.29 is 13.6 Å². The Morgan fingerprint density at radius 1 is 0.654 bits per heavy atom. The van der Waals surface area contributed by atoms with Gasteiger partial charge in [0.2, 0.25) is 6.23 Å². The molecule has 6 aromatic rings. The lowest BCUT2D eigenvalue weighted by Gasteiger charge is -2.45. The lowest BCUT2D eigenvalue weighted by molar-refractivity contribution is 0.00226. The average Bonchev–Trinajstić information content (AvgIpc) is 3.76. The molecule has 0 spiro atoms. The van der Waals surface area contributed by atoms with Crippen molar-refractivity contribution in [2.45, 2.75) is 64.0 Å².